The topological polar surface area (TPSA) is 66.8 Å². The van der Waals surface area contributed by atoms with Crippen molar-refractivity contribution in [3.8, 4) is 0 Å². The van der Waals surface area contributed by atoms with E-state index >= 15 is 0 Å². The van der Waals surface area contributed by atoms with E-state index in [0.717, 1.165) is 5.56 Å². The van der Waals surface area contributed by atoms with Crippen molar-refractivity contribution in [1.82, 2.24) is 4.90 Å². The van der Waals surface area contributed by atoms with Gasteiger partial charge in [0.05, 0.1) is 0 Å². The minimum atomic E-state index is -1.03. The van der Waals surface area contributed by atoms with E-state index in [9.17, 15) is 9.59 Å². The number of ether oxygens (including phenoxy) is 1. The van der Waals surface area contributed by atoms with Crippen LogP contribution in [0.15, 0.2) is 30.3 Å². The van der Waals surface area contributed by atoms with Crippen molar-refractivity contribution >= 4 is 11.9 Å². The average molecular weight is 279 g/mol. The highest BCUT2D eigenvalue weighted by Gasteiger charge is 2.29. The Bertz CT molecular complexity index is 444. The van der Waals surface area contributed by atoms with Crippen LogP contribution in [0, 0.1) is 0 Å². The Labute approximate surface area is 119 Å². The van der Waals surface area contributed by atoms with E-state index in [1.165, 1.54) is 4.90 Å². The van der Waals surface area contributed by atoms with E-state index < -0.39 is 12.1 Å². The number of rotatable bonds is 7. The molecule has 1 unspecified atom stereocenters. The van der Waals surface area contributed by atoms with Crippen LogP contribution < -0.4 is 0 Å². The van der Waals surface area contributed by atoms with Gasteiger partial charge in [-0.1, -0.05) is 30.3 Å². The molecule has 0 aliphatic heterocycles. The standard InChI is InChI=1S/C15H21NO4/c1-4-20-14(12-8-6-5-7-9-12)15(19)16(11(2)3)10-13(17)18/h5-9,11,14H,4,10H2,1-3H3,(H,17,18). The third-order valence-electron chi connectivity index (χ3n) is 2.87. The minimum Gasteiger partial charge on any atom is -0.480 e. The lowest BCUT2D eigenvalue weighted by atomic mass is 10.1. The minimum absolute atomic E-state index is 0.203. The van der Waals surface area contributed by atoms with Gasteiger partial charge in [0.2, 0.25) is 0 Å². The van der Waals surface area contributed by atoms with E-state index in [1.807, 2.05) is 18.2 Å². The highest BCUT2D eigenvalue weighted by atomic mass is 16.5. The molecule has 0 heterocycles. The molecule has 20 heavy (non-hydrogen) atoms. The molecular weight excluding hydrogens is 258 g/mol. The summed E-state index contributed by atoms with van der Waals surface area (Å²) in [6.45, 7) is 5.43. The Morgan fingerprint density at radius 2 is 1.85 bits per heavy atom. The maximum Gasteiger partial charge on any atom is 0.323 e. The lowest BCUT2D eigenvalue weighted by Crippen LogP contribution is -2.43. The molecule has 0 spiro atoms. The summed E-state index contributed by atoms with van der Waals surface area (Å²) in [5.41, 5.74) is 0.732. The number of nitrogens with zero attached hydrogens (tertiary/aromatic N) is 1. The normalized spacial score (nSPS) is 12.2. The second kappa shape index (κ2) is 7.65. The Morgan fingerprint density at radius 1 is 1.25 bits per heavy atom. The smallest absolute Gasteiger partial charge is 0.323 e. The Kier molecular flexibility index (Phi) is 6.18. The number of hydrogen-bond acceptors (Lipinski definition) is 3. The molecule has 110 valence electrons. The molecule has 0 aromatic heterocycles. The van der Waals surface area contributed by atoms with Crippen LogP contribution in [0.1, 0.15) is 32.4 Å². The molecular formula is C15H21NO4. The molecule has 0 aliphatic carbocycles. The van der Waals surface area contributed by atoms with Crippen LogP contribution in [0.3, 0.4) is 0 Å². The second-order valence-corrected chi connectivity index (χ2v) is 4.70. The van der Waals surface area contributed by atoms with Crippen molar-refractivity contribution in [3.05, 3.63) is 35.9 Å². The van der Waals surface area contributed by atoms with Crippen LogP contribution in [0.2, 0.25) is 0 Å². The van der Waals surface area contributed by atoms with Gasteiger partial charge in [0.1, 0.15) is 6.54 Å². The maximum atomic E-state index is 12.5. The molecule has 1 aromatic rings. The monoisotopic (exact) mass is 279 g/mol. The number of amides is 1. The first-order valence-corrected chi connectivity index (χ1v) is 6.66. The van der Waals surface area contributed by atoms with E-state index in [2.05, 4.69) is 0 Å². The zero-order valence-corrected chi connectivity index (χ0v) is 12.1. The number of carboxylic acids is 1. The molecule has 1 aromatic carbocycles. The van der Waals surface area contributed by atoms with Crippen LogP contribution >= 0.6 is 0 Å². The van der Waals surface area contributed by atoms with Gasteiger partial charge in [0.25, 0.3) is 5.91 Å². The van der Waals surface area contributed by atoms with Gasteiger partial charge in [0.15, 0.2) is 6.10 Å². The molecule has 5 nitrogen and oxygen atoms in total. The number of hydrogen-bond donors (Lipinski definition) is 1. The van der Waals surface area contributed by atoms with Crippen molar-refractivity contribution in [1.29, 1.82) is 0 Å². The Morgan fingerprint density at radius 3 is 2.30 bits per heavy atom. The first kappa shape index (κ1) is 16.2. The molecule has 1 amide bonds. The first-order chi connectivity index (χ1) is 9.47. The number of benzene rings is 1. The van der Waals surface area contributed by atoms with Crippen LogP contribution in [-0.2, 0) is 14.3 Å². The van der Waals surface area contributed by atoms with Crippen LogP contribution in [0.5, 0.6) is 0 Å². The second-order valence-electron chi connectivity index (χ2n) is 4.70. The zero-order chi connectivity index (χ0) is 15.1. The summed E-state index contributed by atoms with van der Waals surface area (Å²) in [6.07, 6.45) is -0.761. The summed E-state index contributed by atoms with van der Waals surface area (Å²) >= 11 is 0. The number of carboxylic acid groups (broad SMARTS) is 1. The van der Waals surface area contributed by atoms with Gasteiger partial charge in [-0.25, -0.2) is 0 Å². The lowest BCUT2D eigenvalue weighted by molar-refractivity contribution is -0.152. The van der Waals surface area contributed by atoms with Crippen molar-refractivity contribution in [3.63, 3.8) is 0 Å². The first-order valence-electron chi connectivity index (χ1n) is 6.66. The van der Waals surface area contributed by atoms with Crippen molar-refractivity contribution in [2.45, 2.75) is 32.9 Å². The molecule has 0 aliphatic rings. The highest BCUT2D eigenvalue weighted by molar-refractivity contribution is 5.86. The van der Waals surface area contributed by atoms with Crippen molar-refractivity contribution < 1.29 is 19.4 Å². The molecule has 0 bridgehead atoms. The summed E-state index contributed by atoms with van der Waals surface area (Å²) in [4.78, 5) is 24.8. The van der Waals surface area contributed by atoms with Gasteiger partial charge < -0.3 is 14.7 Å². The third kappa shape index (κ3) is 4.35. The van der Waals surface area contributed by atoms with Gasteiger partial charge in [-0.05, 0) is 26.3 Å². The molecule has 1 N–H and O–H groups in total. The fourth-order valence-corrected chi connectivity index (χ4v) is 1.92. The third-order valence-corrected chi connectivity index (χ3v) is 2.87. The predicted octanol–water partition coefficient (Wildman–Crippen LogP) is 2.09. The number of carbonyl (C=O) groups is 2. The molecule has 0 saturated carbocycles. The van der Waals surface area contributed by atoms with Gasteiger partial charge in [-0.15, -0.1) is 0 Å². The SMILES string of the molecule is CCOC(C(=O)N(CC(=O)O)C(C)C)c1ccccc1. The van der Waals surface area contributed by atoms with E-state index in [-0.39, 0.29) is 18.5 Å². The van der Waals surface area contributed by atoms with E-state index in [4.69, 9.17) is 9.84 Å². The number of aliphatic carboxylic acids is 1. The van der Waals surface area contributed by atoms with Gasteiger partial charge in [-0.2, -0.15) is 0 Å². The lowest BCUT2D eigenvalue weighted by Gasteiger charge is -2.29. The molecule has 5 heteroatoms. The van der Waals surface area contributed by atoms with Gasteiger partial charge in [-0.3, -0.25) is 9.59 Å². The highest BCUT2D eigenvalue weighted by Crippen LogP contribution is 2.21. The van der Waals surface area contributed by atoms with E-state index in [1.54, 1.807) is 32.9 Å². The molecule has 1 rings (SSSR count). The predicted molar refractivity (Wildman–Crippen MR) is 75.3 cm³/mol. The Balaban J connectivity index is 3.00. The summed E-state index contributed by atoms with van der Waals surface area (Å²) in [7, 11) is 0. The van der Waals surface area contributed by atoms with Gasteiger partial charge >= 0.3 is 5.97 Å². The van der Waals surface area contributed by atoms with Crippen LogP contribution in [0.25, 0.3) is 0 Å². The van der Waals surface area contributed by atoms with Gasteiger partial charge in [0, 0.05) is 12.6 Å². The van der Waals surface area contributed by atoms with Crippen LogP contribution in [-0.4, -0.2) is 41.1 Å². The van der Waals surface area contributed by atoms with Crippen LogP contribution in [0.4, 0.5) is 0 Å². The summed E-state index contributed by atoms with van der Waals surface area (Å²) in [5.74, 6) is -1.36. The molecule has 0 radical (unpaired) electrons. The number of carbonyl (C=O) groups excluding carboxylic acids is 1. The largest absolute Gasteiger partial charge is 0.480 e. The fourth-order valence-electron chi connectivity index (χ4n) is 1.92. The zero-order valence-electron chi connectivity index (χ0n) is 12.1. The molecule has 0 fully saturated rings. The summed E-state index contributed by atoms with van der Waals surface area (Å²) in [6, 6.07) is 8.91. The quantitative estimate of drug-likeness (QED) is 0.830. The fraction of sp³-hybridized carbons (Fsp3) is 0.467. The summed E-state index contributed by atoms with van der Waals surface area (Å²) < 4.78 is 5.52. The molecule has 0 saturated heterocycles. The Hall–Kier alpha value is -1.88. The van der Waals surface area contributed by atoms with E-state index in [0.29, 0.717) is 6.61 Å². The van der Waals surface area contributed by atoms with Crippen molar-refractivity contribution in [2.24, 2.45) is 0 Å². The summed E-state index contributed by atoms with van der Waals surface area (Å²) in [5, 5.41) is 8.93. The molecule has 1 atom stereocenters. The average Bonchev–Trinajstić information content (AvgIpc) is 2.42. The maximum absolute atomic E-state index is 12.5. The van der Waals surface area contributed by atoms with Crippen molar-refractivity contribution in [2.75, 3.05) is 13.2 Å².